The van der Waals surface area contributed by atoms with Crippen molar-refractivity contribution in [2.45, 2.75) is 26.3 Å². The van der Waals surface area contributed by atoms with Crippen LogP contribution in [0.15, 0.2) is 12.1 Å². The minimum atomic E-state index is 0.532. The van der Waals surface area contributed by atoms with Crippen molar-refractivity contribution in [1.82, 2.24) is 15.0 Å². The van der Waals surface area contributed by atoms with Crippen LogP contribution >= 0.6 is 22.9 Å². The van der Waals surface area contributed by atoms with Gasteiger partial charge in [0.05, 0.1) is 16.6 Å². The van der Waals surface area contributed by atoms with Gasteiger partial charge in [-0.2, -0.15) is 0 Å². The van der Waals surface area contributed by atoms with E-state index in [-0.39, 0.29) is 0 Å². The van der Waals surface area contributed by atoms with Crippen LogP contribution in [-0.4, -0.2) is 15.0 Å². The van der Waals surface area contributed by atoms with Crippen LogP contribution in [0.25, 0.3) is 0 Å². The molecule has 16 heavy (non-hydrogen) atoms. The van der Waals surface area contributed by atoms with Crippen LogP contribution in [0, 0.1) is 0 Å². The zero-order valence-corrected chi connectivity index (χ0v) is 10.6. The molecule has 6 heteroatoms. The molecule has 0 aromatic carbocycles. The minimum absolute atomic E-state index is 0.532. The molecule has 0 atom stereocenters. The van der Waals surface area contributed by atoms with Crippen molar-refractivity contribution in [2.24, 2.45) is 0 Å². The van der Waals surface area contributed by atoms with E-state index in [9.17, 15) is 0 Å². The molecule has 0 aliphatic carbocycles. The molecule has 2 heterocycles. The summed E-state index contributed by atoms with van der Waals surface area (Å²) in [6.45, 7) is 2.80. The lowest BCUT2D eigenvalue weighted by Gasteiger charge is -2.03. The van der Waals surface area contributed by atoms with E-state index >= 15 is 0 Å². The predicted molar refractivity (Wildman–Crippen MR) is 66.9 cm³/mol. The first-order chi connectivity index (χ1) is 7.70. The number of nitrogen functional groups attached to an aromatic ring is 1. The largest absolute Gasteiger partial charge is 0.381 e. The molecule has 4 nitrogen and oxygen atoms in total. The van der Waals surface area contributed by atoms with Crippen LogP contribution in [0.1, 0.15) is 23.9 Å². The highest BCUT2D eigenvalue weighted by Crippen LogP contribution is 2.23. The lowest BCUT2D eigenvalue weighted by molar-refractivity contribution is 0.619. The second kappa shape index (κ2) is 4.84. The van der Waals surface area contributed by atoms with E-state index in [0.29, 0.717) is 12.4 Å². The van der Waals surface area contributed by atoms with Crippen LogP contribution in [0.5, 0.6) is 0 Å². The summed E-state index contributed by atoms with van der Waals surface area (Å²) in [5.41, 5.74) is 6.78. The van der Waals surface area contributed by atoms with Gasteiger partial charge in [-0.1, -0.05) is 30.2 Å². The topological polar surface area (TPSA) is 56.7 Å². The number of hydrogen-bond acceptors (Lipinski definition) is 4. The quantitative estimate of drug-likeness (QED) is 0.915. The zero-order valence-electron chi connectivity index (χ0n) is 8.98. The molecule has 0 saturated carbocycles. The lowest BCUT2D eigenvalue weighted by atomic mass is 10.2. The molecule has 2 N–H and O–H groups in total. The van der Waals surface area contributed by atoms with Crippen molar-refractivity contribution >= 4 is 28.8 Å². The Bertz CT molecular complexity index is 477. The Morgan fingerprint density at radius 2 is 2.31 bits per heavy atom. The molecule has 2 aromatic heterocycles. The number of rotatable bonds is 4. The zero-order chi connectivity index (χ0) is 11.5. The summed E-state index contributed by atoms with van der Waals surface area (Å²) in [6.07, 6.45) is 1.93. The number of anilines is 1. The number of hydrogen-bond donors (Lipinski definition) is 1. The van der Waals surface area contributed by atoms with Crippen molar-refractivity contribution in [3.05, 3.63) is 27.0 Å². The highest BCUT2D eigenvalue weighted by atomic mass is 35.5. The lowest BCUT2D eigenvalue weighted by Crippen LogP contribution is -2.06. The smallest absolute Gasteiger partial charge is 0.169 e. The van der Waals surface area contributed by atoms with Gasteiger partial charge in [0.1, 0.15) is 0 Å². The van der Waals surface area contributed by atoms with E-state index in [1.165, 1.54) is 0 Å². The van der Waals surface area contributed by atoms with E-state index < -0.39 is 0 Å². The Morgan fingerprint density at radius 3 is 2.94 bits per heavy atom. The number of aromatic nitrogens is 3. The normalized spacial score (nSPS) is 10.9. The van der Waals surface area contributed by atoms with Crippen molar-refractivity contribution in [3.63, 3.8) is 0 Å². The third-order valence-corrected chi connectivity index (χ3v) is 3.50. The highest BCUT2D eigenvalue weighted by Gasteiger charge is 2.10. The van der Waals surface area contributed by atoms with E-state index in [2.05, 4.69) is 17.2 Å². The number of nitrogens with two attached hydrogens (primary N) is 1. The maximum Gasteiger partial charge on any atom is 0.169 e. The summed E-state index contributed by atoms with van der Waals surface area (Å²) in [5, 5.41) is 7.94. The summed E-state index contributed by atoms with van der Waals surface area (Å²) >= 11 is 7.44. The van der Waals surface area contributed by atoms with Gasteiger partial charge < -0.3 is 5.73 Å². The molecule has 0 aliphatic heterocycles. The maximum atomic E-state index is 5.88. The average Bonchev–Trinajstić information content (AvgIpc) is 2.79. The summed E-state index contributed by atoms with van der Waals surface area (Å²) in [5.74, 6) is 0.532. The fraction of sp³-hybridized carbons (Fsp3) is 0.400. The molecule has 0 saturated heterocycles. The third kappa shape index (κ3) is 2.36. The van der Waals surface area contributed by atoms with Gasteiger partial charge in [0.2, 0.25) is 0 Å². The Balaban J connectivity index is 2.20. The van der Waals surface area contributed by atoms with E-state index in [0.717, 1.165) is 27.7 Å². The van der Waals surface area contributed by atoms with Crippen LogP contribution in [0.2, 0.25) is 4.34 Å². The van der Waals surface area contributed by atoms with Crippen molar-refractivity contribution in [1.29, 1.82) is 0 Å². The first kappa shape index (κ1) is 11.4. The van der Waals surface area contributed by atoms with Crippen molar-refractivity contribution < 1.29 is 0 Å². The highest BCUT2D eigenvalue weighted by molar-refractivity contribution is 7.16. The summed E-state index contributed by atoms with van der Waals surface area (Å²) in [6, 6.07) is 3.89. The third-order valence-electron chi connectivity index (χ3n) is 2.29. The van der Waals surface area contributed by atoms with Gasteiger partial charge in [-0.25, -0.2) is 4.68 Å². The van der Waals surface area contributed by atoms with Crippen molar-refractivity contribution in [3.8, 4) is 0 Å². The van der Waals surface area contributed by atoms with Gasteiger partial charge in [0.25, 0.3) is 0 Å². The molecule has 0 spiro atoms. The first-order valence-electron chi connectivity index (χ1n) is 5.12. The average molecular weight is 257 g/mol. The Kier molecular flexibility index (Phi) is 3.46. The molecule has 0 aliphatic rings. The van der Waals surface area contributed by atoms with Gasteiger partial charge in [0.15, 0.2) is 5.82 Å². The second-order valence-electron chi connectivity index (χ2n) is 3.53. The molecule has 2 aromatic rings. The number of thiophene rings is 1. The molecule has 0 fully saturated rings. The molecule has 0 unspecified atom stereocenters. The van der Waals surface area contributed by atoms with E-state index in [4.69, 9.17) is 17.3 Å². The van der Waals surface area contributed by atoms with E-state index in [1.54, 1.807) is 11.3 Å². The van der Waals surface area contributed by atoms with Gasteiger partial charge in [-0.3, -0.25) is 0 Å². The van der Waals surface area contributed by atoms with Gasteiger partial charge in [-0.05, 0) is 18.6 Å². The first-order valence-corrected chi connectivity index (χ1v) is 6.32. The standard InChI is InChI=1S/C10H13ClN4S/c1-2-3-8-10(12)13-14-15(8)6-7-4-5-9(11)16-7/h4-5H,2-3,6,12H2,1H3. The fourth-order valence-electron chi connectivity index (χ4n) is 1.55. The summed E-state index contributed by atoms with van der Waals surface area (Å²) < 4.78 is 2.64. The van der Waals surface area contributed by atoms with E-state index in [1.807, 2.05) is 16.8 Å². The molecular weight excluding hydrogens is 244 g/mol. The second-order valence-corrected chi connectivity index (χ2v) is 5.33. The summed E-state index contributed by atoms with van der Waals surface area (Å²) in [7, 11) is 0. The molecule has 2 rings (SSSR count). The maximum absolute atomic E-state index is 5.88. The predicted octanol–water partition coefficient (Wildman–Crippen LogP) is 2.58. The summed E-state index contributed by atoms with van der Waals surface area (Å²) in [4.78, 5) is 1.16. The molecular formula is C10H13ClN4S. The minimum Gasteiger partial charge on any atom is -0.381 e. The van der Waals surface area contributed by atoms with Crippen LogP contribution in [-0.2, 0) is 13.0 Å². The molecule has 0 amide bonds. The molecule has 0 bridgehead atoms. The monoisotopic (exact) mass is 256 g/mol. The van der Waals surface area contributed by atoms with Crippen LogP contribution < -0.4 is 5.73 Å². The van der Waals surface area contributed by atoms with Gasteiger partial charge >= 0.3 is 0 Å². The number of nitrogens with zero attached hydrogens (tertiary/aromatic N) is 3. The number of halogens is 1. The Labute approximate surface area is 103 Å². The van der Waals surface area contributed by atoms with Crippen LogP contribution in [0.4, 0.5) is 5.82 Å². The Hall–Kier alpha value is -1.07. The SMILES string of the molecule is CCCc1c(N)nnn1Cc1ccc(Cl)s1. The van der Waals surface area contributed by atoms with Gasteiger partial charge in [-0.15, -0.1) is 16.4 Å². The molecule has 86 valence electrons. The van der Waals surface area contributed by atoms with Crippen LogP contribution in [0.3, 0.4) is 0 Å². The fourth-order valence-corrected chi connectivity index (χ4v) is 2.62. The van der Waals surface area contributed by atoms with Gasteiger partial charge in [0, 0.05) is 4.88 Å². The van der Waals surface area contributed by atoms with Crippen molar-refractivity contribution in [2.75, 3.05) is 5.73 Å². The molecule has 0 radical (unpaired) electrons. The Morgan fingerprint density at radius 1 is 1.50 bits per heavy atom.